The van der Waals surface area contributed by atoms with E-state index in [0.717, 1.165) is 5.92 Å². The lowest BCUT2D eigenvalue weighted by atomic mass is 9.77. The highest BCUT2D eigenvalue weighted by Gasteiger charge is 2.21. The molecule has 0 nitrogen and oxygen atoms in total. The zero-order valence-electron chi connectivity index (χ0n) is 11.3. The van der Waals surface area contributed by atoms with Gasteiger partial charge in [-0.2, -0.15) is 0 Å². The van der Waals surface area contributed by atoms with Gasteiger partial charge < -0.3 is 0 Å². The Hall–Kier alpha value is -0.780. The third-order valence-corrected chi connectivity index (χ3v) is 3.21. The minimum Gasteiger partial charge on any atom is -0.0654 e. The van der Waals surface area contributed by atoms with E-state index in [9.17, 15) is 0 Å². The van der Waals surface area contributed by atoms with Gasteiger partial charge in [-0.05, 0) is 29.7 Å². The molecule has 16 heavy (non-hydrogen) atoms. The predicted octanol–water partition coefficient (Wildman–Crippen LogP) is 5.08. The van der Waals surface area contributed by atoms with Gasteiger partial charge in [0.1, 0.15) is 0 Å². The molecule has 0 bridgehead atoms. The minimum absolute atomic E-state index is 0.427. The fourth-order valence-electron chi connectivity index (χ4n) is 2.76. The van der Waals surface area contributed by atoms with Gasteiger partial charge in [-0.15, -0.1) is 0 Å². The topological polar surface area (TPSA) is 0 Å². The summed E-state index contributed by atoms with van der Waals surface area (Å²) in [5.41, 5.74) is 1.90. The SMILES string of the molecule is CCCC(C)CC(C)(C)Cc1ccccc1. The van der Waals surface area contributed by atoms with E-state index < -0.39 is 0 Å². The third kappa shape index (κ3) is 4.83. The van der Waals surface area contributed by atoms with E-state index in [4.69, 9.17) is 0 Å². The Balaban J connectivity index is 2.51. The van der Waals surface area contributed by atoms with Gasteiger partial charge in [-0.25, -0.2) is 0 Å². The van der Waals surface area contributed by atoms with Gasteiger partial charge in [0.25, 0.3) is 0 Å². The summed E-state index contributed by atoms with van der Waals surface area (Å²) in [6.45, 7) is 9.45. The first-order valence-corrected chi connectivity index (χ1v) is 6.57. The standard InChI is InChI=1S/C16H26/c1-5-9-14(2)12-16(3,4)13-15-10-7-6-8-11-15/h6-8,10-11,14H,5,9,12-13H2,1-4H3. The molecule has 90 valence electrons. The molecule has 1 aromatic carbocycles. The van der Waals surface area contributed by atoms with E-state index in [2.05, 4.69) is 58.0 Å². The van der Waals surface area contributed by atoms with E-state index in [0.29, 0.717) is 5.41 Å². The molecule has 0 aliphatic carbocycles. The van der Waals surface area contributed by atoms with Crippen molar-refractivity contribution in [2.75, 3.05) is 0 Å². The zero-order valence-corrected chi connectivity index (χ0v) is 11.3. The summed E-state index contributed by atoms with van der Waals surface area (Å²) in [5.74, 6) is 0.851. The molecule has 0 aliphatic rings. The lowest BCUT2D eigenvalue weighted by Crippen LogP contribution is -2.18. The van der Waals surface area contributed by atoms with Crippen LogP contribution in [0.1, 0.15) is 52.5 Å². The molecule has 0 spiro atoms. The van der Waals surface area contributed by atoms with Crippen molar-refractivity contribution in [3.63, 3.8) is 0 Å². The van der Waals surface area contributed by atoms with Crippen molar-refractivity contribution >= 4 is 0 Å². The third-order valence-electron chi connectivity index (χ3n) is 3.21. The van der Waals surface area contributed by atoms with Gasteiger partial charge in [0.05, 0.1) is 0 Å². The van der Waals surface area contributed by atoms with Crippen molar-refractivity contribution in [2.24, 2.45) is 11.3 Å². The van der Waals surface area contributed by atoms with E-state index in [1.807, 2.05) is 0 Å². The molecule has 0 radical (unpaired) electrons. The van der Waals surface area contributed by atoms with Crippen molar-refractivity contribution in [1.29, 1.82) is 0 Å². The molecule has 1 atom stereocenters. The second-order valence-corrected chi connectivity index (χ2v) is 5.92. The maximum absolute atomic E-state index is 2.40. The first-order chi connectivity index (χ1) is 7.53. The average Bonchev–Trinajstić information content (AvgIpc) is 2.17. The second-order valence-electron chi connectivity index (χ2n) is 5.92. The summed E-state index contributed by atoms with van der Waals surface area (Å²) in [4.78, 5) is 0. The lowest BCUT2D eigenvalue weighted by molar-refractivity contribution is 0.265. The average molecular weight is 218 g/mol. The molecule has 0 N–H and O–H groups in total. The Labute approximate surface area is 101 Å². The van der Waals surface area contributed by atoms with Crippen molar-refractivity contribution in [3.05, 3.63) is 35.9 Å². The van der Waals surface area contributed by atoms with E-state index >= 15 is 0 Å². The van der Waals surface area contributed by atoms with Crippen LogP contribution in [0.4, 0.5) is 0 Å². The number of benzene rings is 1. The molecule has 1 unspecified atom stereocenters. The van der Waals surface area contributed by atoms with Gasteiger partial charge in [-0.3, -0.25) is 0 Å². The Morgan fingerprint density at radius 2 is 1.75 bits per heavy atom. The van der Waals surface area contributed by atoms with Crippen molar-refractivity contribution in [1.82, 2.24) is 0 Å². The Morgan fingerprint density at radius 3 is 2.31 bits per heavy atom. The number of rotatable bonds is 6. The van der Waals surface area contributed by atoms with Crippen LogP contribution in [0.25, 0.3) is 0 Å². The van der Waals surface area contributed by atoms with Crippen LogP contribution in [-0.2, 0) is 6.42 Å². The monoisotopic (exact) mass is 218 g/mol. The highest BCUT2D eigenvalue weighted by atomic mass is 14.3. The Kier molecular flexibility index (Phi) is 5.05. The number of hydrogen-bond acceptors (Lipinski definition) is 0. The molecule has 0 fully saturated rings. The minimum atomic E-state index is 0.427. The van der Waals surface area contributed by atoms with Crippen molar-refractivity contribution in [2.45, 2.75) is 53.4 Å². The summed E-state index contributed by atoms with van der Waals surface area (Å²) in [6, 6.07) is 10.9. The van der Waals surface area contributed by atoms with Crippen LogP contribution < -0.4 is 0 Å². The van der Waals surface area contributed by atoms with E-state index in [1.165, 1.54) is 31.2 Å². The van der Waals surface area contributed by atoms with Gasteiger partial charge in [0, 0.05) is 0 Å². The van der Waals surface area contributed by atoms with Gasteiger partial charge in [0.2, 0.25) is 0 Å². The van der Waals surface area contributed by atoms with Crippen LogP contribution in [0.2, 0.25) is 0 Å². The molecule has 0 saturated carbocycles. The van der Waals surface area contributed by atoms with Gasteiger partial charge >= 0.3 is 0 Å². The Morgan fingerprint density at radius 1 is 1.12 bits per heavy atom. The molecule has 1 aromatic rings. The molecular weight excluding hydrogens is 192 g/mol. The van der Waals surface area contributed by atoms with E-state index in [-0.39, 0.29) is 0 Å². The molecule has 0 saturated heterocycles. The second kappa shape index (κ2) is 6.08. The summed E-state index contributed by atoms with van der Waals surface area (Å²) < 4.78 is 0. The molecule has 0 aromatic heterocycles. The summed E-state index contributed by atoms with van der Waals surface area (Å²) in [6.07, 6.45) is 5.19. The van der Waals surface area contributed by atoms with Crippen molar-refractivity contribution in [3.8, 4) is 0 Å². The summed E-state index contributed by atoms with van der Waals surface area (Å²) in [7, 11) is 0. The molecular formula is C16H26. The fourth-order valence-corrected chi connectivity index (χ4v) is 2.76. The highest BCUT2D eigenvalue weighted by molar-refractivity contribution is 5.16. The molecule has 1 rings (SSSR count). The first-order valence-electron chi connectivity index (χ1n) is 6.57. The van der Waals surface area contributed by atoms with Crippen LogP contribution in [0.3, 0.4) is 0 Å². The van der Waals surface area contributed by atoms with Gasteiger partial charge in [0.15, 0.2) is 0 Å². The van der Waals surface area contributed by atoms with Crippen LogP contribution >= 0.6 is 0 Å². The molecule has 0 heteroatoms. The first kappa shape index (κ1) is 13.3. The highest BCUT2D eigenvalue weighted by Crippen LogP contribution is 2.31. The summed E-state index contributed by atoms with van der Waals surface area (Å²) in [5, 5.41) is 0. The number of hydrogen-bond donors (Lipinski definition) is 0. The van der Waals surface area contributed by atoms with Crippen LogP contribution in [0.5, 0.6) is 0 Å². The lowest BCUT2D eigenvalue weighted by Gasteiger charge is -2.28. The van der Waals surface area contributed by atoms with E-state index in [1.54, 1.807) is 0 Å². The largest absolute Gasteiger partial charge is 0.0654 e. The maximum Gasteiger partial charge on any atom is -0.0227 e. The zero-order chi connectivity index (χ0) is 12.0. The van der Waals surface area contributed by atoms with Crippen LogP contribution in [0, 0.1) is 11.3 Å². The Bertz CT molecular complexity index is 284. The molecule has 0 aliphatic heterocycles. The van der Waals surface area contributed by atoms with Gasteiger partial charge in [-0.1, -0.05) is 70.9 Å². The van der Waals surface area contributed by atoms with Crippen LogP contribution in [-0.4, -0.2) is 0 Å². The normalized spacial score (nSPS) is 13.8. The fraction of sp³-hybridized carbons (Fsp3) is 0.625. The van der Waals surface area contributed by atoms with Crippen molar-refractivity contribution < 1.29 is 0 Å². The molecule has 0 heterocycles. The predicted molar refractivity (Wildman–Crippen MR) is 72.6 cm³/mol. The molecule has 0 amide bonds. The smallest absolute Gasteiger partial charge is 0.0227 e. The maximum atomic E-state index is 2.40. The van der Waals surface area contributed by atoms with Crippen LogP contribution in [0.15, 0.2) is 30.3 Å². The summed E-state index contributed by atoms with van der Waals surface area (Å²) >= 11 is 0. The quantitative estimate of drug-likeness (QED) is 0.624.